The van der Waals surface area contributed by atoms with Gasteiger partial charge in [-0.1, -0.05) is 34.6 Å². The van der Waals surface area contributed by atoms with E-state index in [-0.39, 0.29) is 17.4 Å². The van der Waals surface area contributed by atoms with Crippen molar-refractivity contribution in [3.63, 3.8) is 0 Å². The van der Waals surface area contributed by atoms with E-state index >= 15 is 0 Å². The maximum Gasteiger partial charge on any atom is 0.248 e. The molecule has 114 valence electrons. The minimum Gasteiger partial charge on any atom is -0.322 e. The first-order chi connectivity index (χ1) is 9.00. The molecule has 1 rings (SSSR count). The average molecular weight is 407 g/mol. The molecule has 0 N–H and O–H groups in total. The molecule has 0 aliphatic carbocycles. The van der Waals surface area contributed by atoms with Crippen LogP contribution in [-0.4, -0.2) is 35.7 Å². The maximum atomic E-state index is 6.10. The highest BCUT2D eigenvalue weighted by atomic mass is 35.5. The lowest BCUT2D eigenvalue weighted by Gasteiger charge is -2.19. The minimum atomic E-state index is -2.23. The van der Waals surface area contributed by atoms with Crippen LogP contribution in [0.1, 0.15) is 13.8 Å². The lowest BCUT2D eigenvalue weighted by Crippen LogP contribution is -1.92. The Morgan fingerprint density at radius 2 is 1.80 bits per heavy atom. The summed E-state index contributed by atoms with van der Waals surface area (Å²) in [6.07, 6.45) is 0. The van der Waals surface area contributed by atoms with Crippen molar-refractivity contribution in [2.75, 3.05) is 18.3 Å². The summed E-state index contributed by atoms with van der Waals surface area (Å²) in [6.45, 7) is 4.96. The quantitative estimate of drug-likeness (QED) is 0.264. The fourth-order valence-electron chi connectivity index (χ4n) is 1.17. The highest BCUT2D eigenvalue weighted by Gasteiger charge is 2.18. The predicted molar refractivity (Wildman–Crippen MR) is 102 cm³/mol. The van der Waals surface area contributed by atoms with E-state index in [1.54, 1.807) is 23.9 Å². The van der Waals surface area contributed by atoms with Gasteiger partial charge in [0.05, 0.1) is 23.3 Å². The Hall–Kier alpha value is 1.60. The fraction of sp³-hybridized carbons (Fsp3) is 0.455. The first-order valence-electron chi connectivity index (χ1n) is 5.62. The third-order valence-electron chi connectivity index (χ3n) is 1.89. The third kappa shape index (κ3) is 7.74. The van der Waals surface area contributed by atoms with E-state index in [9.17, 15) is 0 Å². The molecule has 0 saturated heterocycles. The topological polar surface area (TPSA) is 18.5 Å². The van der Waals surface area contributed by atoms with Crippen LogP contribution in [0.15, 0.2) is 23.1 Å². The van der Waals surface area contributed by atoms with Crippen LogP contribution in [0.2, 0.25) is 10.0 Å². The van der Waals surface area contributed by atoms with E-state index in [4.69, 9.17) is 44.1 Å². The van der Waals surface area contributed by atoms with Crippen LogP contribution in [0.3, 0.4) is 0 Å². The summed E-state index contributed by atoms with van der Waals surface area (Å²) in [6, 6.07) is 5.41. The molecule has 1 aromatic rings. The van der Waals surface area contributed by atoms with Crippen LogP contribution in [-0.2, 0) is 20.9 Å². The zero-order chi connectivity index (χ0) is 14.3. The van der Waals surface area contributed by atoms with Gasteiger partial charge in [0, 0.05) is 9.92 Å². The van der Waals surface area contributed by atoms with Crippen LogP contribution in [0.4, 0.5) is 0 Å². The molecule has 0 bridgehead atoms. The summed E-state index contributed by atoms with van der Waals surface area (Å²) in [5.41, 5.74) is -2.23. The van der Waals surface area contributed by atoms with Crippen molar-refractivity contribution in [3.05, 3.63) is 28.2 Å². The van der Waals surface area contributed by atoms with Crippen LogP contribution in [0, 0.1) is 0 Å². The van der Waals surface area contributed by atoms with E-state index < -0.39 is 5.69 Å². The molecule has 0 saturated carbocycles. The van der Waals surface area contributed by atoms with Crippen molar-refractivity contribution >= 4 is 81.2 Å². The number of hydrogen-bond acceptors (Lipinski definition) is 5. The molecule has 9 heteroatoms. The van der Waals surface area contributed by atoms with Crippen molar-refractivity contribution in [2.24, 2.45) is 0 Å². The number of benzene rings is 1. The van der Waals surface area contributed by atoms with Gasteiger partial charge in [-0.2, -0.15) is 0 Å². The number of rotatable bonds is 8. The van der Waals surface area contributed by atoms with E-state index in [1.165, 1.54) is 11.4 Å². The number of halogens is 2. The van der Waals surface area contributed by atoms with E-state index in [2.05, 4.69) is 0 Å². The van der Waals surface area contributed by atoms with Gasteiger partial charge in [-0.25, -0.2) is 0 Å². The standard InChI is InChI=1S/C11H15Cl2O2PS3.Al.3H/c1-3-14-16(17,15-4-2)19-8-18-11-7-9(12)5-6-10(11)13;;;;/h5-7H,3-4,8H2,1-2H3;;;;. The Kier molecular flexibility index (Phi) is 12.1. The van der Waals surface area contributed by atoms with Crippen molar-refractivity contribution in [1.29, 1.82) is 0 Å². The van der Waals surface area contributed by atoms with Crippen LogP contribution < -0.4 is 0 Å². The molecular weight excluding hydrogens is 389 g/mol. The molecule has 0 aromatic heterocycles. The second-order valence-corrected chi connectivity index (χ2v) is 11.8. The van der Waals surface area contributed by atoms with Crippen molar-refractivity contribution in [3.8, 4) is 0 Å². The second-order valence-electron chi connectivity index (χ2n) is 3.25. The Labute approximate surface area is 154 Å². The molecule has 1 aromatic carbocycles. The molecule has 0 fully saturated rings. The lowest BCUT2D eigenvalue weighted by atomic mass is 10.4. The van der Waals surface area contributed by atoms with E-state index in [1.807, 2.05) is 19.9 Å². The molecule has 2 nitrogen and oxygen atoms in total. The summed E-state index contributed by atoms with van der Waals surface area (Å²) < 4.78 is 11.1. The Balaban J connectivity index is 0.00000361. The molecule has 0 spiro atoms. The first kappa shape index (κ1) is 21.6. The molecule has 0 unspecified atom stereocenters. The van der Waals surface area contributed by atoms with Crippen molar-refractivity contribution in [2.45, 2.75) is 18.7 Å². The first-order valence-corrected chi connectivity index (χ1v) is 11.6. The zero-order valence-electron chi connectivity index (χ0n) is 10.6. The maximum absolute atomic E-state index is 6.10. The van der Waals surface area contributed by atoms with Crippen LogP contribution in [0.25, 0.3) is 0 Å². The summed E-state index contributed by atoms with van der Waals surface area (Å²) in [7, 11) is 0. The molecular formula is C11H18AlCl2O2PS3. The zero-order valence-corrected chi connectivity index (χ0v) is 15.5. The summed E-state index contributed by atoms with van der Waals surface area (Å²) in [4.78, 5) is 0.941. The van der Waals surface area contributed by atoms with Gasteiger partial charge in [0.2, 0.25) is 5.69 Å². The molecule has 0 heterocycles. The monoisotopic (exact) mass is 406 g/mol. The normalized spacial score (nSPS) is 11.2. The van der Waals surface area contributed by atoms with Gasteiger partial charge < -0.3 is 9.05 Å². The highest BCUT2D eigenvalue weighted by molar-refractivity contribution is 8.69. The Bertz CT molecular complexity index is 455. The minimum absolute atomic E-state index is 0. The average Bonchev–Trinajstić information content (AvgIpc) is 2.34. The van der Waals surface area contributed by atoms with E-state index in [0.717, 1.165) is 9.98 Å². The lowest BCUT2D eigenvalue weighted by molar-refractivity contribution is 0.280. The highest BCUT2D eigenvalue weighted by Crippen LogP contribution is 2.62. The summed E-state index contributed by atoms with van der Waals surface area (Å²) in [5.74, 6) is 0. The smallest absolute Gasteiger partial charge is 0.248 e. The van der Waals surface area contributed by atoms with Gasteiger partial charge in [0.15, 0.2) is 17.4 Å². The predicted octanol–water partition coefficient (Wildman–Crippen LogP) is 4.89. The van der Waals surface area contributed by atoms with Crippen LogP contribution in [0.5, 0.6) is 0 Å². The molecule has 0 radical (unpaired) electrons. The van der Waals surface area contributed by atoms with Crippen LogP contribution >= 0.6 is 52.0 Å². The fourth-order valence-corrected chi connectivity index (χ4v) is 8.71. The largest absolute Gasteiger partial charge is 0.322 e. The Morgan fingerprint density at radius 3 is 2.35 bits per heavy atom. The summed E-state index contributed by atoms with van der Waals surface area (Å²) in [5, 5.41) is 2.08. The van der Waals surface area contributed by atoms with Crippen molar-refractivity contribution < 1.29 is 9.05 Å². The Morgan fingerprint density at radius 1 is 1.20 bits per heavy atom. The van der Waals surface area contributed by atoms with Gasteiger partial charge in [-0.3, -0.25) is 0 Å². The molecule has 20 heavy (non-hydrogen) atoms. The van der Waals surface area contributed by atoms with Gasteiger partial charge >= 0.3 is 0 Å². The third-order valence-corrected chi connectivity index (χ3v) is 9.69. The van der Waals surface area contributed by atoms with Crippen molar-refractivity contribution in [1.82, 2.24) is 0 Å². The van der Waals surface area contributed by atoms with Gasteiger partial charge in [-0.05, 0) is 43.9 Å². The SMILES string of the molecule is CCOP(=S)(OCC)SCSc1cc(Cl)ccc1Cl.[AlH3]. The molecule has 0 amide bonds. The van der Waals surface area contributed by atoms with Gasteiger partial charge in [0.1, 0.15) is 0 Å². The molecule has 0 aliphatic heterocycles. The summed E-state index contributed by atoms with van der Waals surface area (Å²) >= 11 is 20.6. The number of hydrogen-bond donors (Lipinski definition) is 0. The second kappa shape index (κ2) is 11.2. The van der Waals surface area contributed by atoms with Gasteiger partial charge in [-0.15, -0.1) is 11.8 Å². The number of thioether (sulfide) groups is 1. The molecule has 0 aliphatic rings. The van der Waals surface area contributed by atoms with E-state index in [0.29, 0.717) is 23.3 Å². The molecule has 0 atom stereocenters. The van der Waals surface area contributed by atoms with Gasteiger partial charge in [0.25, 0.3) is 0 Å².